The molecule has 9 amide bonds. The van der Waals surface area contributed by atoms with Gasteiger partial charge in [0.15, 0.2) is 0 Å². The number of nitrogens with zero attached hydrogens (tertiary/aromatic N) is 1. The number of anilines is 2. The Balaban J connectivity index is 0.990. The lowest BCUT2D eigenvalue weighted by molar-refractivity contribution is -0.165. The molecular weight excluding hydrogens is 1090 g/mol. The van der Waals surface area contributed by atoms with Crippen molar-refractivity contribution in [1.29, 1.82) is 0 Å². The van der Waals surface area contributed by atoms with Crippen LogP contribution in [-0.4, -0.2) is 109 Å². The van der Waals surface area contributed by atoms with Crippen LogP contribution in [0.1, 0.15) is 200 Å². The van der Waals surface area contributed by atoms with E-state index in [1.807, 2.05) is 52.0 Å². The zero-order chi connectivity index (χ0) is 62.8. The van der Waals surface area contributed by atoms with Crippen molar-refractivity contribution in [2.45, 2.75) is 231 Å². The molecule has 19 heteroatoms. The Morgan fingerprint density at radius 3 is 1.84 bits per heavy atom. The molecule has 19 nitrogen and oxygen atoms in total. The van der Waals surface area contributed by atoms with Gasteiger partial charge in [-0.05, 0) is 199 Å². The number of nitrogens with one attached hydrogen (secondary N) is 6. The van der Waals surface area contributed by atoms with E-state index in [9.17, 15) is 28.8 Å². The number of carbonyl (C=O) groups is 8. The predicted octanol–water partition coefficient (Wildman–Crippen LogP) is 8.72. The number of amides is 9. The van der Waals surface area contributed by atoms with Gasteiger partial charge < -0.3 is 47.5 Å². The molecule has 10 N–H and O–H groups in total. The number of ether oxygens (including phenoxy) is 2. The zero-order valence-corrected chi connectivity index (χ0v) is 53.0. The number of urea groups is 1. The quantitative estimate of drug-likeness (QED) is 0.0313. The molecule has 472 valence electrons. The summed E-state index contributed by atoms with van der Waals surface area (Å²) in [6, 6.07) is 8.15. The van der Waals surface area contributed by atoms with E-state index >= 15 is 9.59 Å². The topological polar surface area (TPSA) is 282 Å². The fourth-order valence-corrected chi connectivity index (χ4v) is 15.1. The average molecular weight is 1190 g/mol. The van der Waals surface area contributed by atoms with Gasteiger partial charge in [0.1, 0.15) is 30.4 Å². The number of aryl methyl sites for hydroxylation is 2. The normalized spacial score (nSPS) is 26.0. The summed E-state index contributed by atoms with van der Waals surface area (Å²) < 4.78 is 11.3. The molecule has 0 heterocycles. The van der Waals surface area contributed by atoms with E-state index in [1.165, 1.54) is 10.5 Å². The van der Waals surface area contributed by atoms with E-state index in [0.717, 1.165) is 93.7 Å². The number of nitrogens with two attached hydrogens (primary N) is 2. The summed E-state index contributed by atoms with van der Waals surface area (Å²) in [6.07, 6.45) is 13.5. The molecule has 0 saturated heterocycles. The molecule has 1 unspecified atom stereocenters. The van der Waals surface area contributed by atoms with Crippen molar-refractivity contribution in [1.82, 2.24) is 26.2 Å². The van der Waals surface area contributed by atoms with Crippen molar-refractivity contribution in [2.24, 2.45) is 40.1 Å². The Labute approximate surface area is 510 Å². The predicted molar refractivity (Wildman–Crippen MR) is 332 cm³/mol. The number of carbonyl (C=O) groups excluding carboxylic acids is 8. The van der Waals surface area contributed by atoms with Crippen LogP contribution in [0.15, 0.2) is 36.4 Å². The Morgan fingerprint density at radius 1 is 0.686 bits per heavy atom. The molecule has 0 bridgehead atoms. The van der Waals surface area contributed by atoms with Crippen LogP contribution in [0.4, 0.5) is 21.0 Å². The summed E-state index contributed by atoms with van der Waals surface area (Å²) in [4.78, 5) is 111. The molecule has 0 spiro atoms. The molecule has 7 rings (SSSR count). The van der Waals surface area contributed by atoms with Crippen LogP contribution in [0.3, 0.4) is 0 Å². The van der Waals surface area contributed by atoms with E-state index in [0.29, 0.717) is 62.9 Å². The first kappa shape index (κ1) is 67.0. The molecule has 2 aromatic carbocycles. The van der Waals surface area contributed by atoms with Gasteiger partial charge in [0.2, 0.25) is 35.4 Å². The first-order chi connectivity index (χ1) is 40.6. The van der Waals surface area contributed by atoms with Gasteiger partial charge in [0.25, 0.3) is 0 Å². The Morgan fingerprint density at radius 2 is 1.27 bits per heavy atom. The van der Waals surface area contributed by atoms with Crippen molar-refractivity contribution < 1.29 is 47.8 Å². The fourth-order valence-electron chi connectivity index (χ4n) is 15.1. The number of fused-ring (bicyclic) bond motifs is 6. The van der Waals surface area contributed by atoms with Crippen molar-refractivity contribution in [3.8, 4) is 11.8 Å². The number of hydrogen-bond donors (Lipinski definition) is 8. The summed E-state index contributed by atoms with van der Waals surface area (Å²) in [5.74, 6) is 3.51. The van der Waals surface area contributed by atoms with Crippen LogP contribution in [0, 0.1) is 40.4 Å². The minimum absolute atomic E-state index is 0.0463. The molecule has 0 aliphatic heterocycles. The van der Waals surface area contributed by atoms with Gasteiger partial charge >= 0.3 is 12.1 Å². The van der Waals surface area contributed by atoms with Crippen molar-refractivity contribution >= 4 is 58.9 Å². The van der Waals surface area contributed by atoms with Crippen LogP contribution >= 0.6 is 0 Å². The highest BCUT2D eigenvalue weighted by Crippen LogP contribution is 2.60. The van der Waals surface area contributed by atoms with Crippen molar-refractivity contribution in [2.75, 3.05) is 37.4 Å². The SMILES string of the molecule is CC(C)[C@H](NC(=O)[C@H](N)CCCCNC(=O)COC1C#CCCCCC1)C(=O)N[C@@H](CCCNC(N)=O)C(=O)Nc1ccc2c(c1)[C@@]1(C)CCC[C@](C)(C(=O)N(C)C(=O)[C@@]3(C)CCC[C@]4(C)c5cc(NC(=O)OC(C)(C)C)ccc5CC[C@@H]34)[C@@H]1CC2. The summed E-state index contributed by atoms with van der Waals surface area (Å²) in [6.45, 7) is 18.1. The van der Waals surface area contributed by atoms with E-state index in [-0.39, 0.29) is 66.6 Å². The monoisotopic (exact) mass is 1190 g/mol. The van der Waals surface area contributed by atoms with Crippen molar-refractivity contribution in [3.63, 3.8) is 0 Å². The minimum Gasteiger partial charge on any atom is -0.444 e. The number of benzene rings is 2. The van der Waals surface area contributed by atoms with Crippen LogP contribution in [0.2, 0.25) is 0 Å². The van der Waals surface area contributed by atoms with Crippen LogP contribution < -0.4 is 43.4 Å². The molecule has 2 aromatic rings. The van der Waals surface area contributed by atoms with Gasteiger partial charge in [0.05, 0.1) is 16.9 Å². The third kappa shape index (κ3) is 16.0. The first-order valence-corrected chi connectivity index (χ1v) is 31.8. The van der Waals surface area contributed by atoms with Gasteiger partial charge in [-0.1, -0.05) is 78.9 Å². The third-order valence-electron chi connectivity index (χ3n) is 19.6. The molecule has 2 fully saturated rings. The van der Waals surface area contributed by atoms with E-state index in [1.54, 1.807) is 20.9 Å². The lowest BCUT2D eigenvalue weighted by Gasteiger charge is -2.57. The molecule has 5 aliphatic carbocycles. The number of primary amides is 1. The average Bonchev–Trinajstić information content (AvgIpc) is 0.733. The second kappa shape index (κ2) is 28.5. The lowest BCUT2D eigenvalue weighted by atomic mass is 9.48. The standard InChI is InChI=1S/C67H99N9O10/c1-42(2)55(75-56(78)50(68)23-16-17-37-70-54(77)41-85-47-21-14-12-11-13-15-22-47)58(80)74-51(24-18-38-71-61(69)83)57(79)72-45-29-25-43-27-31-52-64(6,48(43)39-45)33-19-35-66(52,8)59(81)76(10)60(82)67(9)36-20-34-65(7)49-40-46(73-62(84)86-63(3,4)5)30-26-44(49)28-32-53(65)67/h25-26,29-30,39-40,42,47,50-53,55H,11-14,16-21,23-24,27-28,31-38,41,68H2,1-10H3,(H,70,77)(H,72,79)(H,73,84)(H,74,80)(H,75,78)(H3,69,71,83)/t47?,50-,51+,52-,53-,55+,64-,65-,66+,67+/m1/s1. The largest absolute Gasteiger partial charge is 0.444 e. The Kier molecular flexibility index (Phi) is 22.2. The number of imide groups is 1. The van der Waals surface area contributed by atoms with Gasteiger partial charge in [-0.3, -0.25) is 39.0 Å². The van der Waals surface area contributed by atoms with Gasteiger partial charge in [0, 0.05) is 37.9 Å². The second-order valence-corrected chi connectivity index (χ2v) is 27.5. The number of rotatable bonds is 22. The molecule has 86 heavy (non-hydrogen) atoms. The second-order valence-electron chi connectivity index (χ2n) is 27.5. The number of hydrogen-bond acceptors (Lipinski definition) is 11. The molecular formula is C67H99N9O10. The summed E-state index contributed by atoms with van der Waals surface area (Å²) in [7, 11) is 1.68. The highest BCUT2D eigenvalue weighted by molar-refractivity contribution is 6.01. The van der Waals surface area contributed by atoms with Gasteiger partial charge in [-0.15, -0.1) is 5.92 Å². The zero-order valence-electron chi connectivity index (χ0n) is 53.0. The van der Waals surface area contributed by atoms with Crippen LogP contribution in [0.25, 0.3) is 0 Å². The number of unbranched alkanes of at least 4 members (excludes halogenated alkanes) is 1. The molecule has 2 saturated carbocycles. The highest BCUT2D eigenvalue weighted by atomic mass is 16.6. The lowest BCUT2D eigenvalue weighted by Crippen LogP contribution is -2.60. The van der Waals surface area contributed by atoms with Crippen molar-refractivity contribution in [3.05, 3.63) is 58.7 Å². The molecule has 0 aromatic heterocycles. The summed E-state index contributed by atoms with van der Waals surface area (Å²) in [5, 5.41) is 17.1. The smallest absolute Gasteiger partial charge is 0.412 e. The summed E-state index contributed by atoms with van der Waals surface area (Å²) in [5.41, 5.74) is 14.1. The maximum absolute atomic E-state index is 15.4. The van der Waals surface area contributed by atoms with Crippen LogP contribution in [0.5, 0.6) is 0 Å². The van der Waals surface area contributed by atoms with Gasteiger partial charge in [-0.25, -0.2) is 9.59 Å². The first-order valence-electron chi connectivity index (χ1n) is 31.8. The summed E-state index contributed by atoms with van der Waals surface area (Å²) >= 11 is 0. The Bertz CT molecular complexity index is 2890. The molecule has 5 aliphatic rings. The third-order valence-corrected chi connectivity index (χ3v) is 19.6. The highest BCUT2D eigenvalue weighted by Gasteiger charge is 2.60. The maximum atomic E-state index is 15.4. The molecule has 10 atom stereocenters. The van der Waals surface area contributed by atoms with E-state index in [2.05, 4.69) is 76.6 Å². The molecule has 0 radical (unpaired) electrons. The Hall–Kier alpha value is -6.52. The maximum Gasteiger partial charge on any atom is 0.412 e. The van der Waals surface area contributed by atoms with E-state index in [4.69, 9.17) is 20.9 Å². The van der Waals surface area contributed by atoms with Crippen LogP contribution in [-0.2, 0) is 61.9 Å². The minimum atomic E-state index is -1.08. The van der Waals surface area contributed by atoms with E-state index < -0.39 is 69.8 Å². The van der Waals surface area contributed by atoms with Gasteiger partial charge in [-0.2, -0.15) is 0 Å². The fraction of sp³-hybridized carbons (Fsp3) is 0.672.